The van der Waals surface area contributed by atoms with Gasteiger partial charge in [-0.15, -0.1) is 0 Å². The molecule has 0 radical (unpaired) electrons. The summed E-state index contributed by atoms with van der Waals surface area (Å²) < 4.78 is 25.0. The lowest BCUT2D eigenvalue weighted by Gasteiger charge is -2.12. The molecule has 2 aromatic carbocycles. The summed E-state index contributed by atoms with van der Waals surface area (Å²) in [7, 11) is 0. The van der Waals surface area contributed by atoms with Crippen LogP contribution in [0, 0.1) is 22.7 Å². The van der Waals surface area contributed by atoms with Crippen LogP contribution in [0.2, 0.25) is 0 Å². The third-order valence-corrected chi connectivity index (χ3v) is 3.79. The van der Waals surface area contributed by atoms with E-state index in [0.717, 1.165) is 0 Å². The molecule has 0 aliphatic heterocycles. The lowest BCUT2D eigenvalue weighted by atomic mass is 10.1. The predicted molar refractivity (Wildman–Crippen MR) is 90.6 cm³/mol. The first-order chi connectivity index (χ1) is 12.0. The second-order valence-electron chi connectivity index (χ2n) is 4.88. The Morgan fingerprint density at radius 1 is 1.20 bits per heavy atom. The Labute approximate surface area is 152 Å². The van der Waals surface area contributed by atoms with Crippen LogP contribution in [0.5, 0.6) is 11.5 Å². The molecule has 0 aromatic heterocycles. The number of alkyl halides is 1. The van der Waals surface area contributed by atoms with E-state index in [4.69, 9.17) is 15.3 Å². The summed E-state index contributed by atoms with van der Waals surface area (Å²) in [5.41, 5.74) is 0.598. The van der Waals surface area contributed by atoms with E-state index >= 15 is 0 Å². The predicted octanol–water partition coefficient (Wildman–Crippen LogP) is 4.56. The highest BCUT2D eigenvalue weighted by atomic mass is 79.9. The zero-order valence-electron chi connectivity index (χ0n) is 13.1. The smallest absolute Gasteiger partial charge is 0.345 e. The van der Waals surface area contributed by atoms with E-state index in [0.29, 0.717) is 4.47 Å². The topological polar surface area (TPSA) is 83.1 Å². The largest absolute Gasteiger partial charge is 0.464 e. The van der Waals surface area contributed by atoms with Crippen molar-refractivity contribution in [2.45, 2.75) is 13.1 Å². The maximum atomic E-state index is 14.2. The molecule has 0 aliphatic rings. The van der Waals surface area contributed by atoms with Crippen molar-refractivity contribution in [2.24, 2.45) is 0 Å². The van der Waals surface area contributed by atoms with Crippen molar-refractivity contribution in [3.05, 3.63) is 57.6 Å². The number of nitriles is 2. The van der Waals surface area contributed by atoms with Crippen LogP contribution >= 0.6 is 15.9 Å². The minimum Gasteiger partial charge on any atom is -0.464 e. The minimum absolute atomic E-state index is 0.0774. The lowest BCUT2D eigenvalue weighted by Crippen LogP contribution is -2.11. The molecule has 0 aliphatic carbocycles. The number of halogens is 2. The van der Waals surface area contributed by atoms with Gasteiger partial charge in [0.15, 0.2) is 0 Å². The standard InChI is InChI=1S/C18H12BrFN2O3/c1-2-24-18(23)17(20)13-3-4-15(19)16(8-13)25-14-6-11(9-21)5-12(7-14)10-22/h3-8,17H,2H2,1H3. The number of carbonyl (C=O) groups excluding carboxylic acids is 1. The van der Waals surface area contributed by atoms with Crippen LogP contribution in [0.1, 0.15) is 29.8 Å². The summed E-state index contributed by atoms with van der Waals surface area (Å²) in [6, 6.07) is 12.5. The molecule has 0 heterocycles. The molecule has 2 rings (SSSR count). The van der Waals surface area contributed by atoms with Gasteiger partial charge in [0.05, 0.1) is 34.3 Å². The van der Waals surface area contributed by atoms with Gasteiger partial charge in [-0.25, -0.2) is 9.18 Å². The molecule has 0 saturated heterocycles. The van der Waals surface area contributed by atoms with Crippen LogP contribution in [-0.4, -0.2) is 12.6 Å². The number of benzene rings is 2. The van der Waals surface area contributed by atoms with Crippen LogP contribution in [0.4, 0.5) is 4.39 Å². The summed E-state index contributed by atoms with van der Waals surface area (Å²) in [6.45, 7) is 1.67. The monoisotopic (exact) mass is 402 g/mol. The Morgan fingerprint density at radius 2 is 1.84 bits per heavy atom. The summed E-state index contributed by atoms with van der Waals surface area (Å²) in [5, 5.41) is 18.0. The summed E-state index contributed by atoms with van der Waals surface area (Å²) in [5.74, 6) is -0.488. The minimum atomic E-state index is -1.93. The van der Waals surface area contributed by atoms with Crippen LogP contribution < -0.4 is 4.74 Å². The second kappa shape index (κ2) is 8.27. The van der Waals surface area contributed by atoms with E-state index in [2.05, 4.69) is 20.7 Å². The quantitative estimate of drug-likeness (QED) is 0.684. The maximum Gasteiger partial charge on any atom is 0.345 e. The Bertz CT molecular complexity index is 855. The molecule has 0 fully saturated rings. The zero-order valence-corrected chi connectivity index (χ0v) is 14.7. The van der Waals surface area contributed by atoms with Crippen molar-refractivity contribution in [1.29, 1.82) is 10.5 Å². The van der Waals surface area contributed by atoms with Crippen molar-refractivity contribution in [3.63, 3.8) is 0 Å². The van der Waals surface area contributed by atoms with Crippen LogP contribution in [0.25, 0.3) is 0 Å². The molecule has 25 heavy (non-hydrogen) atoms. The maximum absolute atomic E-state index is 14.2. The van der Waals surface area contributed by atoms with Crippen LogP contribution in [0.15, 0.2) is 40.9 Å². The highest BCUT2D eigenvalue weighted by molar-refractivity contribution is 9.10. The van der Waals surface area contributed by atoms with Crippen molar-refractivity contribution >= 4 is 21.9 Å². The molecule has 0 N–H and O–H groups in total. The number of carbonyl (C=O) groups is 1. The molecule has 7 heteroatoms. The molecule has 1 unspecified atom stereocenters. The third-order valence-electron chi connectivity index (χ3n) is 3.13. The molecule has 126 valence electrons. The van der Waals surface area contributed by atoms with Gasteiger partial charge in [0.2, 0.25) is 6.17 Å². The van der Waals surface area contributed by atoms with E-state index in [1.54, 1.807) is 6.92 Å². The molecule has 5 nitrogen and oxygen atoms in total. The van der Waals surface area contributed by atoms with Gasteiger partial charge < -0.3 is 9.47 Å². The van der Waals surface area contributed by atoms with Gasteiger partial charge in [-0.1, -0.05) is 6.07 Å². The van der Waals surface area contributed by atoms with Crippen LogP contribution in [-0.2, 0) is 9.53 Å². The molecule has 2 aromatic rings. The van der Waals surface area contributed by atoms with Crippen molar-refractivity contribution in [3.8, 4) is 23.6 Å². The molecule has 0 amide bonds. The van der Waals surface area contributed by atoms with E-state index < -0.39 is 12.1 Å². The first-order valence-electron chi connectivity index (χ1n) is 7.21. The first-order valence-corrected chi connectivity index (χ1v) is 8.01. The van der Waals surface area contributed by atoms with Gasteiger partial charge in [-0.2, -0.15) is 10.5 Å². The van der Waals surface area contributed by atoms with Gasteiger partial charge in [0, 0.05) is 5.56 Å². The van der Waals surface area contributed by atoms with Gasteiger partial charge in [0.25, 0.3) is 0 Å². The number of hydrogen-bond donors (Lipinski definition) is 0. The number of esters is 1. The molecule has 1 atom stereocenters. The Balaban J connectivity index is 2.35. The fourth-order valence-electron chi connectivity index (χ4n) is 2.02. The lowest BCUT2D eigenvalue weighted by molar-refractivity contribution is -0.149. The second-order valence-corrected chi connectivity index (χ2v) is 5.73. The number of nitrogens with zero attached hydrogens (tertiary/aromatic N) is 2. The average molecular weight is 403 g/mol. The summed E-state index contributed by atoms with van der Waals surface area (Å²) in [6.07, 6.45) is -1.93. The number of rotatable bonds is 5. The zero-order chi connectivity index (χ0) is 18.4. The van der Waals surface area contributed by atoms with Crippen molar-refractivity contribution in [2.75, 3.05) is 6.61 Å². The Hall–Kier alpha value is -2.90. The molecular weight excluding hydrogens is 391 g/mol. The fourth-order valence-corrected chi connectivity index (χ4v) is 2.35. The third kappa shape index (κ3) is 4.56. The first kappa shape index (κ1) is 18.4. The fraction of sp³-hybridized carbons (Fsp3) is 0.167. The molecule has 0 spiro atoms. The molecule has 0 bridgehead atoms. The highest BCUT2D eigenvalue weighted by Gasteiger charge is 2.22. The van der Waals surface area contributed by atoms with Crippen LogP contribution in [0.3, 0.4) is 0 Å². The van der Waals surface area contributed by atoms with E-state index in [1.807, 2.05) is 12.1 Å². The Kier molecular flexibility index (Phi) is 6.10. The van der Waals surface area contributed by atoms with Gasteiger partial charge >= 0.3 is 5.97 Å². The van der Waals surface area contributed by atoms with Crippen molar-refractivity contribution in [1.82, 2.24) is 0 Å². The number of hydrogen-bond acceptors (Lipinski definition) is 5. The molecule has 0 saturated carbocycles. The van der Waals surface area contributed by atoms with Gasteiger partial charge in [-0.05, 0) is 53.2 Å². The average Bonchev–Trinajstić information content (AvgIpc) is 2.62. The van der Waals surface area contributed by atoms with E-state index in [-0.39, 0.29) is 34.8 Å². The van der Waals surface area contributed by atoms with E-state index in [1.165, 1.54) is 36.4 Å². The highest BCUT2D eigenvalue weighted by Crippen LogP contribution is 2.34. The summed E-state index contributed by atoms with van der Waals surface area (Å²) >= 11 is 3.28. The van der Waals surface area contributed by atoms with Crippen molar-refractivity contribution < 1.29 is 18.7 Å². The van der Waals surface area contributed by atoms with Gasteiger partial charge in [0.1, 0.15) is 11.5 Å². The summed E-state index contributed by atoms with van der Waals surface area (Å²) in [4.78, 5) is 11.5. The van der Waals surface area contributed by atoms with E-state index in [9.17, 15) is 9.18 Å². The number of ether oxygens (including phenoxy) is 2. The van der Waals surface area contributed by atoms with Gasteiger partial charge in [-0.3, -0.25) is 0 Å². The Morgan fingerprint density at radius 3 is 2.40 bits per heavy atom. The molecular formula is C18H12BrFN2O3. The SMILES string of the molecule is CCOC(=O)C(F)c1ccc(Br)c(Oc2cc(C#N)cc(C#N)c2)c1. The normalized spacial score (nSPS) is 11.1.